The Bertz CT molecular complexity index is 583. The highest BCUT2D eigenvalue weighted by molar-refractivity contribution is 5.88. The highest BCUT2D eigenvalue weighted by Gasteiger charge is 2.33. The Balaban J connectivity index is 1.91. The maximum atomic E-state index is 6.07. The molecule has 20 heavy (non-hydrogen) atoms. The van der Waals surface area contributed by atoms with Gasteiger partial charge in [0, 0.05) is 11.9 Å². The van der Waals surface area contributed by atoms with E-state index in [1.165, 1.54) is 12.8 Å². The number of anilines is 1. The Morgan fingerprint density at radius 2 is 2.00 bits per heavy atom. The summed E-state index contributed by atoms with van der Waals surface area (Å²) in [5.41, 5.74) is 7.03. The van der Waals surface area contributed by atoms with E-state index < -0.39 is 0 Å². The average molecular weight is 270 g/mol. The molecule has 3 rings (SSSR count). The topological polar surface area (TPSA) is 63.8 Å². The monoisotopic (exact) mass is 270 g/mol. The van der Waals surface area contributed by atoms with E-state index in [0.29, 0.717) is 6.54 Å². The Kier molecular flexibility index (Phi) is 3.57. The van der Waals surface area contributed by atoms with E-state index in [0.717, 1.165) is 35.5 Å². The van der Waals surface area contributed by atoms with E-state index in [1.807, 2.05) is 18.2 Å². The van der Waals surface area contributed by atoms with Gasteiger partial charge in [-0.3, -0.25) is 0 Å². The summed E-state index contributed by atoms with van der Waals surface area (Å²) in [4.78, 5) is 8.75. The quantitative estimate of drug-likeness (QED) is 0.900. The molecule has 1 aliphatic carbocycles. The number of rotatable bonds is 3. The molecule has 0 radical (unpaired) electrons. The molecule has 4 nitrogen and oxygen atoms in total. The second-order valence-corrected chi connectivity index (χ2v) is 6.03. The predicted octanol–water partition coefficient (Wildman–Crippen LogP) is 2.95. The van der Waals surface area contributed by atoms with Crippen LogP contribution < -0.4 is 11.1 Å². The lowest BCUT2D eigenvalue weighted by Gasteiger charge is -2.39. The van der Waals surface area contributed by atoms with Crippen molar-refractivity contribution in [1.82, 2.24) is 9.97 Å². The van der Waals surface area contributed by atoms with Crippen LogP contribution >= 0.6 is 0 Å². The largest absolute Gasteiger partial charge is 0.363 e. The van der Waals surface area contributed by atoms with Crippen molar-refractivity contribution < 1.29 is 0 Å². The van der Waals surface area contributed by atoms with Crippen LogP contribution in [0.3, 0.4) is 0 Å². The summed E-state index contributed by atoms with van der Waals surface area (Å²) < 4.78 is 0. The summed E-state index contributed by atoms with van der Waals surface area (Å²) >= 11 is 0. The van der Waals surface area contributed by atoms with E-state index in [4.69, 9.17) is 5.73 Å². The normalized spacial score (nSPS) is 26.6. The van der Waals surface area contributed by atoms with Gasteiger partial charge in [-0.2, -0.15) is 0 Å². The number of nitrogens with zero attached hydrogens (tertiary/aromatic N) is 2. The molecular formula is C16H22N4. The highest BCUT2D eigenvalue weighted by atomic mass is 15.1. The molecule has 0 bridgehead atoms. The molecule has 0 saturated heterocycles. The van der Waals surface area contributed by atoms with Crippen molar-refractivity contribution in [3.05, 3.63) is 30.6 Å². The minimum absolute atomic E-state index is 0.0103. The van der Waals surface area contributed by atoms with Crippen LogP contribution in [0.25, 0.3) is 10.9 Å². The second-order valence-electron chi connectivity index (χ2n) is 6.03. The SMILES string of the molecule is CC1CCC(CN)(Nc2ncnc3ccccc23)CC1. The van der Waals surface area contributed by atoms with Crippen LogP contribution in [0, 0.1) is 5.92 Å². The smallest absolute Gasteiger partial charge is 0.137 e. The highest BCUT2D eigenvalue weighted by Crippen LogP contribution is 2.34. The van der Waals surface area contributed by atoms with Gasteiger partial charge in [0.05, 0.1) is 11.1 Å². The molecule has 2 aromatic rings. The molecule has 106 valence electrons. The molecule has 1 aromatic carbocycles. The van der Waals surface area contributed by atoms with E-state index in [2.05, 4.69) is 28.3 Å². The van der Waals surface area contributed by atoms with E-state index in [9.17, 15) is 0 Å². The van der Waals surface area contributed by atoms with Crippen LogP contribution in [0.2, 0.25) is 0 Å². The van der Waals surface area contributed by atoms with Gasteiger partial charge in [0.2, 0.25) is 0 Å². The van der Waals surface area contributed by atoms with Crippen molar-refractivity contribution >= 4 is 16.7 Å². The molecule has 1 fully saturated rings. The second kappa shape index (κ2) is 5.37. The summed E-state index contributed by atoms with van der Waals surface area (Å²) in [5, 5.41) is 4.70. The van der Waals surface area contributed by atoms with Crippen molar-refractivity contribution in [2.75, 3.05) is 11.9 Å². The molecule has 4 heteroatoms. The number of hydrogen-bond acceptors (Lipinski definition) is 4. The molecule has 1 aliphatic rings. The Hall–Kier alpha value is -1.68. The summed E-state index contributed by atoms with van der Waals surface area (Å²) in [5.74, 6) is 1.72. The van der Waals surface area contributed by atoms with Gasteiger partial charge >= 0.3 is 0 Å². The predicted molar refractivity (Wildman–Crippen MR) is 82.6 cm³/mol. The molecular weight excluding hydrogens is 248 g/mol. The molecule has 0 unspecified atom stereocenters. The maximum absolute atomic E-state index is 6.07. The summed E-state index contributed by atoms with van der Waals surface area (Å²) in [6.07, 6.45) is 6.31. The summed E-state index contributed by atoms with van der Waals surface area (Å²) in [6, 6.07) is 8.10. The van der Waals surface area contributed by atoms with Gasteiger partial charge in [-0.1, -0.05) is 19.1 Å². The molecule has 1 saturated carbocycles. The first-order valence-corrected chi connectivity index (χ1v) is 7.40. The first kappa shape index (κ1) is 13.3. The van der Waals surface area contributed by atoms with Crippen molar-refractivity contribution in [3.63, 3.8) is 0 Å². The molecule has 1 heterocycles. The van der Waals surface area contributed by atoms with Crippen molar-refractivity contribution in [3.8, 4) is 0 Å². The van der Waals surface area contributed by atoms with Crippen LogP contribution in [0.1, 0.15) is 32.6 Å². The van der Waals surface area contributed by atoms with Crippen LogP contribution in [0.5, 0.6) is 0 Å². The fourth-order valence-electron chi connectivity index (χ4n) is 3.05. The maximum Gasteiger partial charge on any atom is 0.137 e. The van der Waals surface area contributed by atoms with Gasteiger partial charge < -0.3 is 11.1 Å². The lowest BCUT2D eigenvalue weighted by Crippen LogP contribution is -2.48. The number of benzene rings is 1. The number of fused-ring (bicyclic) bond motifs is 1. The van der Waals surface area contributed by atoms with Crippen LogP contribution in [0.4, 0.5) is 5.82 Å². The molecule has 3 N–H and O–H groups in total. The third kappa shape index (κ3) is 2.48. The van der Waals surface area contributed by atoms with E-state index in [-0.39, 0.29) is 5.54 Å². The number of nitrogens with one attached hydrogen (secondary N) is 1. The Labute approximate surface area is 119 Å². The van der Waals surface area contributed by atoms with E-state index >= 15 is 0 Å². The van der Waals surface area contributed by atoms with Gasteiger partial charge in [0.25, 0.3) is 0 Å². The van der Waals surface area contributed by atoms with E-state index in [1.54, 1.807) is 6.33 Å². The molecule has 0 aliphatic heterocycles. The van der Waals surface area contributed by atoms with Gasteiger partial charge in [0.1, 0.15) is 12.1 Å². The fraction of sp³-hybridized carbons (Fsp3) is 0.500. The van der Waals surface area contributed by atoms with Gasteiger partial charge in [-0.05, 0) is 43.7 Å². The first-order valence-electron chi connectivity index (χ1n) is 7.40. The standard InChI is InChI=1S/C16H22N4/c1-12-6-8-16(10-17,9-7-12)20-15-13-4-2-3-5-14(13)18-11-19-15/h2-5,11-12H,6-10,17H2,1H3,(H,18,19,20). The third-order valence-electron chi connectivity index (χ3n) is 4.55. The Morgan fingerprint density at radius 3 is 2.75 bits per heavy atom. The molecule has 1 aromatic heterocycles. The number of nitrogens with two attached hydrogens (primary N) is 1. The van der Waals surface area contributed by atoms with Gasteiger partial charge in [-0.15, -0.1) is 0 Å². The van der Waals surface area contributed by atoms with Gasteiger partial charge in [-0.25, -0.2) is 9.97 Å². The number of aromatic nitrogens is 2. The van der Waals surface area contributed by atoms with Crippen LogP contribution in [-0.2, 0) is 0 Å². The number of para-hydroxylation sites is 1. The zero-order valence-corrected chi connectivity index (χ0v) is 12.0. The van der Waals surface area contributed by atoms with Crippen molar-refractivity contribution in [1.29, 1.82) is 0 Å². The fourth-order valence-corrected chi connectivity index (χ4v) is 3.05. The summed E-state index contributed by atoms with van der Waals surface area (Å²) in [6.45, 7) is 2.97. The molecule has 0 amide bonds. The van der Waals surface area contributed by atoms with Crippen LogP contribution in [-0.4, -0.2) is 22.1 Å². The lowest BCUT2D eigenvalue weighted by atomic mass is 9.77. The third-order valence-corrected chi connectivity index (χ3v) is 4.55. The first-order chi connectivity index (χ1) is 9.72. The zero-order chi connectivity index (χ0) is 14.0. The lowest BCUT2D eigenvalue weighted by molar-refractivity contribution is 0.271. The number of hydrogen-bond donors (Lipinski definition) is 2. The average Bonchev–Trinajstić information content (AvgIpc) is 2.50. The Morgan fingerprint density at radius 1 is 1.25 bits per heavy atom. The molecule has 0 spiro atoms. The zero-order valence-electron chi connectivity index (χ0n) is 12.0. The summed E-state index contributed by atoms with van der Waals surface area (Å²) in [7, 11) is 0. The van der Waals surface area contributed by atoms with Crippen molar-refractivity contribution in [2.45, 2.75) is 38.1 Å². The minimum atomic E-state index is -0.0103. The van der Waals surface area contributed by atoms with Crippen LogP contribution in [0.15, 0.2) is 30.6 Å². The minimum Gasteiger partial charge on any atom is -0.363 e. The van der Waals surface area contributed by atoms with Crippen molar-refractivity contribution in [2.24, 2.45) is 11.7 Å². The van der Waals surface area contributed by atoms with Gasteiger partial charge in [0.15, 0.2) is 0 Å². The molecule has 0 atom stereocenters.